The van der Waals surface area contributed by atoms with Crippen molar-refractivity contribution in [2.45, 2.75) is 0 Å². The van der Waals surface area contributed by atoms with Crippen LogP contribution >= 0.6 is 0 Å². The van der Waals surface area contributed by atoms with E-state index >= 15 is 0 Å². The Morgan fingerprint density at radius 2 is 0.875 bits per heavy atom. The Labute approximate surface area is 180 Å². The Bertz CT molecular complexity index is 1060. The van der Waals surface area contributed by atoms with Gasteiger partial charge in [-0.25, -0.2) is 29.0 Å². The Hall–Kier alpha value is -4.86. The van der Waals surface area contributed by atoms with Crippen molar-refractivity contribution in [3.8, 4) is 11.5 Å². The molecule has 0 atom stereocenters. The van der Waals surface area contributed by atoms with Crippen LogP contribution in [0.4, 0.5) is 0 Å². The minimum Gasteiger partial charge on any atom is -0.478 e. The first-order chi connectivity index (χ1) is 15.3. The van der Waals surface area contributed by atoms with Crippen molar-refractivity contribution in [2.24, 2.45) is 0 Å². The van der Waals surface area contributed by atoms with Crippen LogP contribution in [0.1, 0.15) is 41.4 Å². The molecule has 3 rings (SSSR count). The average Bonchev–Trinajstić information content (AvgIpc) is 2.81. The maximum Gasteiger partial charge on any atom is 0.387 e. The summed E-state index contributed by atoms with van der Waals surface area (Å²) < 4.78 is 0. The van der Waals surface area contributed by atoms with Gasteiger partial charge in [0.25, 0.3) is 0 Å². The van der Waals surface area contributed by atoms with Gasteiger partial charge in [0, 0.05) is 0 Å². The highest BCUT2D eigenvalue weighted by Gasteiger charge is 2.22. The maximum absolute atomic E-state index is 12.3. The number of benzene rings is 3. The number of carboxylic acid groups (broad SMARTS) is 2. The third kappa shape index (κ3) is 5.39. The van der Waals surface area contributed by atoms with Gasteiger partial charge in [-0.15, -0.1) is 0 Å². The molecule has 0 amide bonds. The summed E-state index contributed by atoms with van der Waals surface area (Å²) in [6.07, 6.45) is 0. The van der Waals surface area contributed by atoms with E-state index in [1.54, 1.807) is 0 Å². The molecule has 0 aliphatic carbocycles. The van der Waals surface area contributed by atoms with E-state index in [1.165, 1.54) is 72.8 Å². The molecule has 0 radical (unpaired) electrons. The highest BCUT2D eigenvalue weighted by atomic mass is 17.2. The van der Waals surface area contributed by atoms with E-state index in [0.717, 1.165) is 0 Å². The Kier molecular flexibility index (Phi) is 6.66. The molecular formula is C22H14O10. The molecule has 10 heteroatoms. The number of carboxylic acids is 2. The number of carbonyl (C=O) groups is 4. The molecule has 32 heavy (non-hydrogen) atoms. The summed E-state index contributed by atoms with van der Waals surface area (Å²) in [5, 5.41) is 17.7. The minimum atomic E-state index is -1.12. The lowest BCUT2D eigenvalue weighted by atomic mass is 10.1. The van der Waals surface area contributed by atoms with Gasteiger partial charge >= 0.3 is 23.9 Å². The number of carbonyl (C=O) groups excluding carboxylic acids is 2. The van der Waals surface area contributed by atoms with Crippen LogP contribution in [-0.4, -0.2) is 34.1 Å². The second kappa shape index (κ2) is 9.76. The number of aromatic carboxylic acids is 2. The van der Waals surface area contributed by atoms with Crippen LogP contribution in [0.3, 0.4) is 0 Å². The summed E-state index contributed by atoms with van der Waals surface area (Å²) in [5.41, 5.74) is -0.308. The second-order valence-corrected chi connectivity index (χ2v) is 6.11. The van der Waals surface area contributed by atoms with Crippen LogP contribution in [0.25, 0.3) is 0 Å². The fourth-order valence-electron chi connectivity index (χ4n) is 2.41. The largest absolute Gasteiger partial charge is 0.478 e. The van der Waals surface area contributed by atoms with Crippen molar-refractivity contribution in [1.82, 2.24) is 0 Å². The zero-order valence-corrected chi connectivity index (χ0v) is 16.1. The molecule has 3 aromatic rings. The van der Waals surface area contributed by atoms with Crippen molar-refractivity contribution in [2.75, 3.05) is 0 Å². The van der Waals surface area contributed by atoms with Crippen molar-refractivity contribution in [3.05, 3.63) is 95.1 Å². The molecule has 0 aliphatic rings. The molecule has 0 heterocycles. The van der Waals surface area contributed by atoms with Gasteiger partial charge in [0.15, 0.2) is 11.5 Å². The van der Waals surface area contributed by atoms with Gasteiger partial charge < -0.3 is 10.2 Å². The summed E-state index contributed by atoms with van der Waals surface area (Å²) in [7, 11) is 0. The molecule has 3 aromatic carbocycles. The Balaban J connectivity index is 1.63. The highest BCUT2D eigenvalue weighted by Crippen LogP contribution is 2.17. The Morgan fingerprint density at radius 3 is 1.19 bits per heavy atom. The van der Waals surface area contributed by atoms with Crippen LogP contribution in [0, 0.1) is 0 Å². The van der Waals surface area contributed by atoms with Crippen LogP contribution in [0.15, 0.2) is 72.8 Å². The minimum absolute atomic E-state index is 0.0226. The summed E-state index contributed by atoms with van der Waals surface area (Å²) in [6.45, 7) is 0. The standard InChI is InChI=1S/C22H14O10/c23-19(24)13-5-9-15(10-6-13)29-31-21(27)17-3-1-2-4-18(17)22(28)32-30-16-11-7-14(8-12-16)20(25)26/h1-12H,(H,23,24)(H,25,26). The van der Waals surface area contributed by atoms with Gasteiger partial charge in [0.1, 0.15) is 0 Å². The van der Waals surface area contributed by atoms with Gasteiger partial charge in [0.2, 0.25) is 0 Å². The normalized spacial score (nSPS) is 10.0. The molecule has 0 saturated heterocycles. The van der Waals surface area contributed by atoms with Gasteiger partial charge in [0.05, 0.1) is 22.3 Å². The first kappa shape index (κ1) is 21.8. The van der Waals surface area contributed by atoms with E-state index in [-0.39, 0.29) is 33.8 Å². The molecule has 0 aromatic heterocycles. The van der Waals surface area contributed by atoms with Crippen LogP contribution < -0.4 is 9.78 Å². The van der Waals surface area contributed by atoms with E-state index in [1.807, 2.05) is 0 Å². The predicted molar refractivity (Wildman–Crippen MR) is 105 cm³/mol. The highest BCUT2D eigenvalue weighted by molar-refractivity contribution is 6.02. The van der Waals surface area contributed by atoms with E-state index in [9.17, 15) is 19.2 Å². The van der Waals surface area contributed by atoms with E-state index in [4.69, 9.17) is 29.8 Å². The molecule has 0 fully saturated rings. The third-order valence-corrected chi connectivity index (χ3v) is 4.00. The molecule has 0 bridgehead atoms. The third-order valence-electron chi connectivity index (χ3n) is 4.00. The molecule has 10 nitrogen and oxygen atoms in total. The summed E-state index contributed by atoms with van der Waals surface area (Å²) in [4.78, 5) is 65.6. The first-order valence-corrected chi connectivity index (χ1v) is 8.88. The second-order valence-electron chi connectivity index (χ2n) is 6.11. The van der Waals surface area contributed by atoms with Crippen LogP contribution in [0.5, 0.6) is 11.5 Å². The molecular weight excluding hydrogens is 424 g/mol. The maximum atomic E-state index is 12.3. The number of rotatable bonds is 8. The van der Waals surface area contributed by atoms with Crippen molar-refractivity contribution < 1.29 is 48.9 Å². The van der Waals surface area contributed by atoms with Gasteiger partial charge in [-0.1, -0.05) is 12.1 Å². The Morgan fingerprint density at radius 1 is 0.531 bits per heavy atom. The monoisotopic (exact) mass is 438 g/mol. The van der Waals surface area contributed by atoms with Crippen molar-refractivity contribution in [3.63, 3.8) is 0 Å². The van der Waals surface area contributed by atoms with Gasteiger partial charge in [-0.2, -0.15) is 0 Å². The molecule has 0 unspecified atom stereocenters. The summed E-state index contributed by atoms with van der Waals surface area (Å²) in [6, 6.07) is 15.8. The molecule has 2 N–H and O–H groups in total. The molecule has 0 aliphatic heterocycles. The van der Waals surface area contributed by atoms with Crippen LogP contribution in [0.2, 0.25) is 0 Å². The molecule has 0 saturated carbocycles. The van der Waals surface area contributed by atoms with E-state index in [2.05, 4.69) is 0 Å². The molecule has 162 valence electrons. The quantitative estimate of drug-likeness (QED) is 0.396. The fraction of sp³-hybridized carbons (Fsp3) is 0. The number of hydrogen-bond donors (Lipinski definition) is 2. The average molecular weight is 438 g/mol. The number of hydrogen-bond acceptors (Lipinski definition) is 8. The first-order valence-electron chi connectivity index (χ1n) is 8.88. The molecule has 0 spiro atoms. The summed E-state index contributed by atoms with van der Waals surface area (Å²) in [5.74, 6) is -4.13. The lowest BCUT2D eigenvalue weighted by molar-refractivity contribution is -0.152. The fourth-order valence-corrected chi connectivity index (χ4v) is 2.41. The predicted octanol–water partition coefficient (Wildman–Crippen LogP) is 3.38. The SMILES string of the molecule is O=C(O)c1ccc(OOC(=O)c2ccccc2C(=O)OOc2ccc(C(=O)O)cc2)cc1. The van der Waals surface area contributed by atoms with Crippen molar-refractivity contribution >= 4 is 23.9 Å². The topological polar surface area (TPSA) is 146 Å². The zero-order valence-electron chi connectivity index (χ0n) is 16.1. The van der Waals surface area contributed by atoms with E-state index in [0.29, 0.717) is 0 Å². The van der Waals surface area contributed by atoms with Gasteiger partial charge in [-0.3, -0.25) is 9.78 Å². The lowest BCUT2D eigenvalue weighted by Crippen LogP contribution is -2.16. The lowest BCUT2D eigenvalue weighted by Gasteiger charge is -2.09. The zero-order chi connectivity index (χ0) is 23.1. The summed E-state index contributed by atoms with van der Waals surface area (Å²) >= 11 is 0. The van der Waals surface area contributed by atoms with E-state index < -0.39 is 23.9 Å². The smallest absolute Gasteiger partial charge is 0.387 e. The van der Waals surface area contributed by atoms with Crippen molar-refractivity contribution in [1.29, 1.82) is 0 Å². The van der Waals surface area contributed by atoms with Gasteiger partial charge in [-0.05, 0) is 60.7 Å². The van der Waals surface area contributed by atoms with Crippen LogP contribution in [-0.2, 0) is 9.78 Å².